The summed E-state index contributed by atoms with van der Waals surface area (Å²) >= 11 is 8.89. The summed E-state index contributed by atoms with van der Waals surface area (Å²) in [4.78, 5) is 30.3. The van der Waals surface area contributed by atoms with E-state index in [2.05, 4.69) is 46.2 Å². The summed E-state index contributed by atoms with van der Waals surface area (Å²) in [5, 5.41) is 18.1. The fraction of sp³-hybridized carbons (Fsp3) is 0.250. The molecule has 39 heavy (non-hydrogen) atoms. The van der Waals surface area contributed by atoms with Gasteiger partial charge in [0.1, 0.15) is 0 Å². The van der Waals surface area contributed by atoms with Gasteiger partial charge < -0.3 is 15.2 Å². The number of carbonyl (C=O) groups excluding carboxylic acids is 2. The summed E-state index contributed by atoms with van der Waals surface area (Å²) in [5.41, 5.74) is 2.20. The zero-order chi connectivity index (χ0) is 27.8. The molecule has 0 spiro atoms. The normalized spacial score (nSPS) is 11.8. The first-order valence-corrected chi connectivity index (χ1v) is 14.6. The molecule has 0 bridgehead atoms. The van der Waals surface area contributed by atoms with Crippen LogP contribution in [0.2, 0.25) is 5.02 Å². The van der Waals surface area contributed by atoms with Crippen molar-refractivity contribution in [1.29, 1.82) is 0 Å². The van der Waals surface area contributed by atoms with Gasteiger partial charge >= 0.3 is 0 Å². The van der Waals surface area contributed by atoms with Crippen LogP contribution in [-0.4, -0.2) is 37.3 Å². The molecule has 2 heterocycles. The monoisotopic (exact) mass is 580 g/mol. The fourth-order valence-corrected chi connectivity index (χ4v) is 5.62. The number of amides is 2. The minimum atomic E-state index is -0.406. The number of halogens is 1. The molecular formula is C28H29ClN6O2S2. The Kier molecular flexibility index (Phi) is 9.91. The zero-order valence-electron chi connectivity index (χ0n) is 21.6. The van der Waals surface area contributed by atoms with E-state index < -0.39 is 6.04 Å². The van der Waals surface area contributed by atoms with E-state index >= 15 is 0 Å². The van der Waals surface area contributed by atoms with E-state index in [1.165, 1.54) is 23.1 Å². The van der Waals surface area contributed by atoms with Gasteiger partial charge in [-0.1, -0.05) is 85.8 Å². The SMILES string of the molecule is C=CCn1c(SCC(=O)Nc2nc(-c3ccccc3)cs2)nnc1[C@H](CC(C)C)NC(=O)c1ccccc1Cl. The van der Waals surface area contributed by atoms with Gasteiger partial charge in [-0.2, -0.15) is 0 Å². The van der Waals surface area contributed by atoms with Crippen molar-refractivity contribution in [2.75, 3.05) is 11.1 Å². The summed E-state index contributed by atoms with van der Waals surface area (Å²) in [5.74, 6) is 0.507. The Morgan fingerprint density at radius 1 is 1.13 bits per heavy atom. The van der Waals surface area contributed by atoms with Crippen molar-refractivity contribution in [3.63, 3.8) is 0 Å². The van der Waals surface area contributed by atoms with Crippen molar-refractivity contribution in [2.45, 2.75) is 38.0 Å². The smallest absolute Gasteiger partial charge is 0.253 e. The lowest BCUT2D eigenvalue weighted by Gasteiger charge is -2.21. The number of thioether (sulfide) groups is 1. The van der Waals surface area contributed by atoms with Crippen LogP contribution in [0.4, 0.5) is 5.13 Å². The van der Waals surface area contributed by atoms with E-state index in [9.17, 15) is 9.59 Å². The summed E-state index contributed by atoms with van der Waals surface area (Å²) in [6.07, 6.45) is 2.38. The molecule has 2 amide bonds. The predicted molar refractivity (Wildman–Crippen MR) is 158 cm³/mol. The van der Waals surface area contributed by atoms with Crippen molar-refractivity contribution >= 4 is 51.6 Å². The maximum absolute atomic E-state index is 13.1. The zero-order valence-corrected chi connectivity index (χ0v) is 24.0. The highest BCUT2D eigenvalue weighted by atomic mass is 35.5. The molecule has 0 saturated carbocycles. The molecule has 4 aromatic rings. The van der Waals surface area contributed by atoms with Crippen molar-refractivity contribution < 1.29 is 9.59 Å². The summed E-state index contributed by atoms with van der Waals surface area (Å²) in [6.45, 7) is 8.43. The first-order chi connectivity index (χ1) is 18.9. The van der Waals surface area contributed by atoms with Gasteiger partial charge in [0.05, 0.1) is 28.1 Å². The number of hydrogen-bond donors (Lipinski definition) is 2. The molecule has 0 saturated heterocycles. The van der Waals surface area contributed by atoms with Gasteiger partial charge in [-0.25, -0.2) is 4.98 Å². The van der Waals surface area contributed by atoms with Crippen LogP contribution in [0, 0.1) is 5.92 Å². The second-order valence-electron chi connectivity index (χ2n) is 9.12. The highest BCUT2D eigenvalue weighted by Gasteiger charge is 2.25. The molecule has 1 atom stereocenters. The molecule has 0 aliphatic rings. The number of anilines is 1. The number of nitrogens with zero attached hydrogens (tertiary/aromatic N) is 4. The molecule has 2 aromatic carbocycles. The number of aromatic nitrogens is 4. The number of allylic oxidation sites excluding steroid dienone is 1. The maximum atomic E-state index is 13.1. The largest absolute Gasteiger partial charge is 0.342 e. The van der Waals surface area contributed by atoms with E-state index in [4.69, 9.17) is 11.6 Å². The molecule has 0 aliphatic heterocycles. The molecule has 0 unspecified atom stereocenters. The van der Waals surface area contributed by atoms with Gasteiger partial charge in [0, 0.05) is 17.5 Å². The van der Waals surface area contributed by atoms with E-state index in [-0.39, 0.29) is 23.5 Å². The standard InChI is InChI=1S/C28H29ClN6O2S2/c1-4-14-35-25(22(15-18(2)3)30-26(37)20-12-8-9-13-21(20)29)33-34-28(35)39-17-24(36)32-27-31-23(16-38-27)19-10-6-5-7-11-19/h4-13,16,18,22H,1,14-15,17H2,2-3H3,(H,30,37)(H,31,32,36)/t22-/m0/s1. The second kappa shape index (κ2) is 13.5. The van der Waals surface area contributed by atoms with Crippen LogP contribution in [-0.2, 0) is 11.3 Å². The third kappa shape index (κ3) is 7.56. The number of rotatable bonds is 12. The third-order valence-electron chi connectivity index (χ3n) is 5.65. The third-order valence-corrected chi connectivity index (χ3v) is 7.71. The lowest BCUT2D eigenvalue weighted by Crippen LogP contribution is -2.32. The van der Waals surface area contributed by atoms with E-state index in [0.717, 1.165) is 11.3 Å². The average Bonchev–Trinajstić information content (AvgIpc) is 3.55. The molecule has 2 N–H and O–H groups in total. The van der Waals surface area contributed by atoms with Gasteiger partial charge in [-0.3, -0.25) is 9.59 Å². The molecule has 11 heteroatoms. The Morgan fingerprint density at radius 2 is 1.87 bits per heavy atom. The van der Waals surface area contributed by atoms with Crippen LogP contribution in [0.5, 0.6) is 0 Å². The van der Waals surface area contributed by atoms with Gasteiger partial charge in [0.15, 0.2) is 16.1 Å². The van der Waals surface area contributed by atoms with Crippen LogP contribution in [0.3, 0.4) is 0 Å². The van der Waals surface area contributed by atoms with Crippen LogP contribution < -0.4 is 10.6 Å². The summed E-state index contributed by atoms with van der Waals surface area (Å²) in [6, 6.07) is 16.3. The highest BCUT2D eigenvalue weighted by Crippen LogP contribution is 2.27. The first-order valence-electron chi connectivity index (χ1n) is 12.4. The van der Waals surface area contributed by atoms with Gasteiger partial charge in [0.2, 0.25) is 5.91 Å². The number of nitrogens with one attached hydrogen (secondary N) is 2. The average molecular weight is 581 g/mol. The number of carbonyl (C=O) groups is 2. The Labute approximate surface area is 240 Å². The van der Waals surface area contributed by atoms with Crippen molar-refractivity contribution in [3.05, 3.63) is 89.0 Å². The first kappa shape index (κ1) is 28.5. The van der Waals surface area contributed by atoms with Gasteiger partial charge in [0.25, 0.3) is 5.91 Å². The van der Waals surface area contributed by atoms with E-state index in [1.807, 2.05) is 40.3 Å². The van der Waals surface area contributed by atoms with E-state index in [1.54, 1.807) is 30.3 Å². The van der Waals surface area contributed by atoms with Crippen LogP contribution in [0.1, 0.15) is 42.5 Å². The Morgan fingerprint density at radius 3 is 2.59 bits per heavy atom. The van der Waals surface area contributed by atoms with Crippen LogP contribution in [0.25, 0.3) is 11.3 Å². The number of benzene rings is 2. The molecular weight excluding hydrogens is 552 g/mol. The maximum Gasteiger partial charge on any atom is 0.253 e. The topological polar surface area (TPSA) is 102 Å². The fourth-order valence-electron chi connectivity index (χ4n) is 3.91. The molecule has 2 aromatic heterocycles. The molecule has 4 rings (SSSR count). The van der Waals surface area contributed by atoms with E-state index in [0.29, 0.717) is 39.7 Å². The molecule has 8 nitrogen and oxygen atoms in total. The Bertz CT molecular complexity index is 1440. The van der Waals surface area contributed by atoms with Gasteiger partial charge in [-0.05, 0) is 24.5 Å². The minimum Gasteiger partial charge on any atom is -0.342 e. The molecule has 0 fully saturated rings. The lowest BCUT2D eigenvalue weighted by molar-refractivity contribution is -0.113. The molecule has 0 aliphatic carbocycles. The van der Waals surface area contributed by atoms with Crippen LogP contribution in [0.15, 0.2) is 77.8 Å². The molecule has 0 radical (unpaired) electrons. The predicted octanol–water partition coefficient (Wildman–Crippen LogP) is 6.49. The Hall–Kier alpha value is -3.47. The number of thiazole rings is 1. The Balaban J connectivity index is 1.46. The highest BCUT2D eigenvalue weighted by molar-refractivity contribution is 7.99. The van der Waals surface area contributed by atoms with Crippen molar-refractivity contribution in [3.8, 4) is 11.3 Å². The molecule has 202 valence electrons. The summed E-state index contributed by atoms with van der Waals surface area (Å²) < 4.78 is 1.88. The van der Waals surface area contributed by atoms with Crippen molar-refractivity contribution in [1.82, 2.24) is 25.1 Å². The summed E-state index contributed by atoms with van der Waals surface area (Å²) in [7, 11) is 0. The quantitative estimate of drug-likeness (QED) is 0.147. The van der Waals surface area contributed by atoms with Crippen molar-refractivity contribution in [2.24, 2.45) is 5.92 Å². The minimum absolute atomic E-state index is 0.121. The second-order valence-corrected chi connectivity index (χ2v) is 11.3. The van der Waals surface area contributed by atoms with Crippen LogP contribution >= 0.6 is 34.7 Å². The number of hydrogen-bond acceptors (Lipinski definition) is 7. The van der Waals surface area contributed by atoms with Gasteiger partial charge in [-0.15, -0.1) is 28.1 Å². The lowest BCUT2D eigenvalue weighted by atomic mass is 10.0.